The van der Waals surface area contributed by atoms with Gasteiger partial charge in [0.05, 0.1) is 5.69 Å². The molecule has 5 heteroatoms. The number of nitrogen functional groups attached to an aromatic ring is 1. The Morgan fingerprint density at radius 3 is 2.83 bits per heavy atom. The number of aromatic nitrogens is 2. The van der Waals surface area contributed by atoms with Crippen molar-refractivity contribution in [3.05, 3.63) is 46.1 Å². The minimum Gasteiger partial charge on any atom is -0.382 e. The highest BCUT2D eigenvalue weighted by Crippen LogP contribution is 2.16. The van der Waals surface area contributed by atoms with Gasteiger partial charge in [0, 0.05) is 23.6 Å². The van der Waals surface area contributed by atoms with Crippen LogP contribution in [-0.4, -0.2) is 28.7 Å². The van der Waals surface area contributed by atoms with Gasteiger partial charge in [0.2, 0.25) is 0 Å². The van der Waals surface area contributed by atoms with Crippen LogP contribution in [-0.2, 0) is 13.0 Å². The van der Waals surface area contributed by atoms with Crippen molar-refractivity contribution in [2.75, 3.05) is 19.3 Å². The van der Waals surface area contributed by atoms with Crippen LogP contribution < -0.4 is 5.73 Å². The summed E-state index contributed by atoms with van der Waals surface area (Å²) in [6.07, 6.45) is 1.02. The Morgan fingerprint density at radius 1 is 1.39 bits per heavy atom. The summed E-state index contributed by atoms with van der Waals surface area (Å²) in [6, 6.07) is 10.2. The van der Waals surface area contributed by atoms with Crippen LogP contribution >= 0.6 is 15.9 Å². The standard InChI is InChI=1S/C13H17BrN4/c1-18(9-11-8-13(15)17-16-11)7-6-10-4-2-3-5-12(10)14/h2-5,8H,6-7,9H2,1H3,(H3,15,16,17). The van der Waals surface area contributed by atoms with Gasteiger partial charge in [-0.1, -0.05) is 34.1 Å². The van der Waals surface area contributed by atoms with E-state index in [1.54, 1.807) is 0 Å². The molecular weight excluding hydrogens is 292 g/mol. The molecular formula is C13H17BrN4. The highest BCUT2D eigenvalue weighted by Gasteiger charge is 2.05. The van der Waals surface area contributed by atoms with E-state index in [1.807, 2.05) is 12.1 Å². The van der Waals surface area contributed by atoms with Crippen LogP contribution in [0.4, 0.5) is 5.82 Å². The first-order valence-corrected chi connectivity index (χ1v) is 6.66. The summed E-state index contributed by atoms with van der Waals surface area (Å²) in [5, 5.41) is 6.84. The molecule has 0 aliphatic carbocycles. The zero-order valence-electron chi connectivity index (χ0n) is 10.4. The van der Waals surface area contributed by atoms with Gasteiger partial charge in [-0.15, -0.1) is 0 Å². The number of benzene rings is 1. The number of aromatic amines is 1. The number of anilines is 1. The Kier molecular flexibility index (Phi) is 4.38. The molecule has 18 heavy (non-hydrogen) atoms. The van der Waals surface area contributed by atoms with Crippen molar-refractivity contribution < 1.29 is 0 Å². The lowest BCUT2D eigenvalue weighted by Crippen LogP contribution is -2.21. The van der Waals surface area contributed by atoms with Gasteiger partial charge in [-0.3, -0.25) is 5.10 Å². The monoisotopic (exact) mass is 308 g/mol. The smallest absolute Gasteiger partial charge is 0.145 e. The Hall–Kier alpha value is -1.33. The lowest BCUT2D eigenvalue weighted by molar-refractivity contribution is 0.327. The summed E-state index contributed by atoms with van der Waals surface area (Å²) in [7, 11) is 2.09. The van der Waals surface area contributed by atoms with E-state index in [-0.39, 0.29) is 0 Å². The maximum absolute atomic E-state index is 5.57. The minimum absolute atomic E-state index is 0.546. The van der Waals surface area contributed by atoms with E-state index in [0.29, 0.717) is 5.82 Å². The largest absolute Gasteiger partial charge is 0.382 e. The molecule has 0 aliphatic rings. The number of hydrogen-bond acceptors (Lipinski definition) is 3. The zero-order valence-corrected chi connectivity index (χ0v) is 11.9. The third-order valence-corrected chi connectivity index (χ3v) is 3.59. The molecule has 1 aromatic heterocycles. The Bertz CT molecular complexity index is 509. The number of rotatable bonds is 5. The van der Waals surface area contributed by atoms with Crippen molar-refractivity contribution in [1.29, 1.82) is 0 Å². The molecule has 4 nitrogen and oxygen atoms in total. The highest BCUT2D eigenvalue weighted by molar-refractivity contribution is 9.10. The zero-order chi connectivity index (χ0) is 13.0. The predicted octanol–water partition coefficient (Wildman–Crippen LogP) is 2.43. The van der Waals surface area contributed by atoms with Gasteiger partial charge in [-0.05, 0) is 25.1 Å². The van der Waals surface area contributed by atoms with E-state index in [4.69, 9.17) is 5.73 Å². The number of likely N-dealkylation sites (N-methyl/N-ethyl adjacent to an activating group) is 1. The van der Waals surface area contributed by atoms with Crippen LogP contribution in [0.25, 0.3) is 0 Å². The molecule has 96 valence electrons. The fraction of sp³-hybridized carbons (Fsp3) is 0.308. The molecule has 0 saturated heterocycles. The van der Waals surface area contributed by atoms with Crippen molar-refractivity contribution >= 4 is 21.7 Å². The molecule has 0 unspecified atom stereocenters. The van der Waals surface area contributed by atoms with E-state index >= 15 is 0 Å². The van der Waals surface area contributed by atoms with Crippen molar-refractivity contribution in [2.45, 2.75) is 13.0 Å². The first kappa shape index (κ1) is 13.1. The summed E-state index contributed by atoms with van der Waals surface area (Å²) in [5.74, 6) is 0.546. The maximum atomic E-state index is 5.57. The van der Waals surface area contributed by atoms with Gasteiger partial charge in [-0.25, -0.2) is 0 Å². The SMILES string of the molecule is CN(CCc1ccccc1Br)Cc1cc(N)n[nH]1. The van der Waals surface area contributed by atoms with Crippen LogP contribution in [0.5, 0.6) is 0 Å². The van der Waals surface area contributed by atoms with Gasteiger partial charge >= 0.3 is 0 Å². The van der Waals surface area contributed by atoms with Gasteiger partial charge < -0.3 is 10.6 Å². The topological polar surface area (TPSA) is 57.9 Å². The van der Waals surface area contributed by atoms with E-state index in [1.165, 1.54) is 10.0 Å². The number of halogens is 1. The van der Waals surface area contributed by atoms with Crippen molar-refractivity contribution in [1.82, 2.24) is 15.1 Å². The Morgan fingerprint density at radius 2 is 2.17 bits per heavy atom. The summed E-state index contributed by atoms with van der Waals surface area (Å²) in [6.45, 7) is 1.82. The fourth-order valence-electron chi connectivity index (χ4n) is 1.84. The third-order valence-electron chi connectivity index (χ3n) is 2.81. The number of H-pyrrole nitrogens is 1. The lowest BCUT2D eigenvalue weighted by atomic mass is 10.1. The van der Waals surface area contributed by atoms with Gasteiger partial charge in [0.25, 0.3) is 0 Å². The molecule has 0 saturated carbocycles. The van der Waals surface area contributed by atoms with Gasteiger partial charge in [-0.2, -0.15) is 5.10 Å². The lowest BCUT2D eigenvalue weighted by Gasteiger charge is -2.15. The second-order valence-electron chi connectivity index (χ2n) is 4.40. The van der Waals surface area contributed by atoms with Gasteiger partial charge in [0.1, 0.15) is 5.82 Å². The number of nitrogens with two attached hydrogens (primary N) is 1. The van der Waals surface area contributed by atoms with Crippen LogP contribution in [0.1, 0.15) is 11.3 Å². The molecule has 1 heterocycles. The molecule has 3 N–H and O–H groups in total. The van der Waals surface area contributed by atoms with Crippen LogP contribution in [0.2, 0.25) is 0 Å². The molecule has 0 amide bonds. The molecule has 0 aliphatic heterocycles. The Balaban J connectivity index is 1.85. The number of hydrogen-bond donors (Lipinski definition) is 2. The van der Waals surface area contributed by atoms with Gasteiger partial charge in [0.15, 0.2) is 0 Å². The van der Waals surface area contributed by atoms with Crippen molar-refractivity contribution in [3.63, 3.8) is 0 Å². The van der Waals surface area contributed by atoms with Crippen LogP contribution in [0.15, 0.2) is 34.8 Å². The normalized spacial score (nSPS) is 11.1. The predicted molar refractivity (Wildman–Crippen MR) is 77.2 cm³/mol. The van der Waals surface area contributed by atoms with E-state index in [0.717, 1.165) is 25.2 Å². The first-order valence-electron chi connectivity index (χ1n) is 5.87. The summed E-state index contributed by atoms with van der Waals surface area (Å²) >= 11 is 3.57. The molecule has 0 bridgehead atoms. The number of nitrogens with one attached hydrogen (secondary N) is 1. The molecule has 0 fully saturated rings. The van der Waals surface area contributed by atoms with Crippen molar-refractivity contribution in [3.8, 4) is 0 Å². The average molecular weight is 309 g/mol. The highest BCUT2D eigenvalue weighted by atomic mass is 79.9. The number of nitrogens with zero attached hydrogens (tertiary/aromatic N) is 2. The molecule has 0 spiro atoms. The molecule has 0 atom stereocenters. The molecule has 0 radical (unpaired) electrons. The minimum atomic E-state index is 0.546. The van der Waals surface area contributed by atoms with Crippen LogP contribution in [0, 0.1) is 0 Å². The quantitative estimate of drug-likeness (QED) is 0.892. The first-order chi connectivity index (χ1) is 8.65. The second-order valence-corrected chi connectivity index (χ2v) is 5.25. The van der Waals surface area contributed by atoms with E-state index in [2.05, 4.69) is 56.3 Å². The Labute approximate surface area is 115 Å². The average Bonchev–Trinajstić information content (AvgIpc) is 2.74. The summed E-state index contributed by atoms with van der Waals surface area (Å²) < 4.78 is 1.17. The van der Waals surface area contributed by atoms with Crippen LogP contribution in [0.3, 0.4) is 0 Å². The molecule has 2 aromatic rings. The van der Waals surface area contributed by atoms with E-state index < -0.39 is 0 Å². The second kappa shape index (κ2) is 6.02. The third kappa shape index (κ3) is 3.58. The maximum Gasteiger partial charge on any atom is 0.145 e. The fourth-order valence-corrected chi connectivity index (χ4v) is 2.33. The summed E-state index contributed by atoms with van der Waals surface area (Å²) in [5.41, 5.74) is 7.94. The summed E-state index contributed by atoms with van der Waals surface area (Å²) in [4.78, 5) is 2.24. The van der Waals surface area contributed by atoms with Crippen molar-refractivity contribution in [2.24, 2.45) is 0 Å². The molecule has 2 rings (SSSR count). The molecule has 1 aromatic carbocycles. The van der Waals surface area contributed by atoms with E-state index in [9.17, 15) is 0 Å².